The largest absolute Gasteiger partial charge is 0.383 e. The molecule has 0 unspecified atom stereocenters. The van der Waals surface area contributed by atoms with Gasteiger partial charge in [0.15, 0.2) is 11.4 Å². The Morgan fingerprint density at radius 1 is 1.14 bits per heavy atom. The van der Waals surface area contributed by atoms with E-state index in [1.165, 1.54) is 21.6 Å². The number of hydrogen-bond acceptors (Lipinski definition) is 5. The number of aromatic amines is 1. The van der Waals surface area contributed by atoms with Crippen LogP contribution in [0.1, 0.15) is 55.9 Å². The van der Waals surface area contributed by atoms with Crippen LogP contribution in [-0.2, 0) is 19.4 Å². The molecule has 2 aromatic heterocycles. The molecule has 0 saturated heterocycles. The van der Waals surface area contributed by atoms with Gasteiger partial charge in [0.25, 0.3) is 11.5 Å². The third-order valence-corrected chi connectivity index (χ3v) is 6.03. The topological polar surface area (TPSA) is 119 Å². The number of nitrogens with one attached hydrogen (secondary N) is 1. The summed E-state index contributed by atoms with van der Waals surface area (Å²) in [6, 6.07) is 5.93. The number of rotatable bonds is 7. The molecule has 0 radical (unpaired) electrons. The van der Waals surface area contributed by atoms with E-state index in [9.17, 15) is 18.8 Å². The minimum atomic E-state index is -0.712. The lowest BCUT2D eigenvalue weighted by atomic mass is 10.1. The van der Waals surface area contributed by atoms with Gasteiger partial charge >= 0.3 is 5.69 Å². The number of benzene rings is 1. The maximum atomic E-state index is 14.0. The third-order valence-electron chi connectivity index (χ3n) is 6.03. The predicted octanol–water partition coefficient (Wildman–Crippen LogP) is 2.89. The fourth-order valence-corrected chi connectivity index (χ4v) is 4.56. The first-order valence-electron chi connectivity index (χ1n) is 11.9. The molecule has 1 aromatic carbocycles. The first-order valence-corrected chi connectivity index (χ1v) is 11.9. The van der Waals surface area contributed by atoms with E-state index < -0.39 is 17.2 Å². The van der Waals surface area contributed by atoms with Gasteiger partial charge in [0, 0.05) is 24.3 Å². The molecule has 3 aromatic rings. The molecule has 0 aliphatic heterocycles. The van der Waals surface area contributed by atoms with Crippen molar-refractivity contribution in [3.05, 3.63) is 67.9 Å². The number of nitrogens with zero attached hydrogens (tertiary/aromatic N) is 4. The fourth-order valence-electron chi connectivity index (χ4n) is 4.56. The summed E-state index contributed by atoms with van der Waals surface area (Å²) in [5, 5.41) is 4.61. The van der Waals surface area contributed by atoms with E-state index in [0.717, 1.165) is 24.1 Å². The lowest BCUT2D eigenvalue weighted by Crippen LogP contribution is -2.43. The van der Waals surface area contributed by atoms with Crippen LogP contribution in [0.2, 0.25) is 0 Å². The Bertz CT molecular complexity index is 1370. The molecular weight excluding hydrogens is 451 g/mol. The molecule has 35 heavy (non-hydrogen) atoms. The molecule has 0 saturated carbocycles. The van der Waals surface area contributed by atoms with Crippen LogP contribution in [0.25, 0.3) is 5.69 Å². The Balaban J connectivity index is 1.85. The van der Waals surface area contributed by atoms with Crippen LogP contribution in [0.15, 0.2) is 33.9 Å². The van der Waals surface area contributed by atoms with Crippen molar-refractivity contribution in [3.63, 3.8) is 0 Å². The summed E-state index contributed by atoms with van der Waals surface area (Å²) in [4.78, 5) is 43.0. The van der Waals surface area contributed by atoms with Gasteiger partial charge in [0.1, 0.15) is 11.6 Å². The molecule has 3 N–H and O–H groups in total. The molecule has 1 aliphatic carbocycles. The second-order valence-corrected chi connectivity index (χ2v) is 9.82. The summed E-state index contributed by atoms with van der Waals surface area (Å²) >= 11 is 0. The van der Waals surface area contributed by atoms with Crippen LogP contribution in [-0.4, -0.2) is 31.8 Å². The summed E-state index contributed by atoms with van der Waals surface area (Å²) in [6.07, 6.45) is 2.27. The lowest BCUT2D eigenvalue weighted by molar-refractivity contribution is 0.0977. The van der Waals surface area contributed by atoms with Crippen molar-refractivity contribution in [3.8, 4) is 5.69 Å². The van der Waals surface area contributed by atoms with Gasteiger partial charge in [-0.2, -0.15) is 5.10 Å². The molecule has 1 aliphatic rings. The van der Waals surface area contributed by atoms with Gasteiger partial charge in [-0.3, -0.25) is 24.0 Å². The number of nitrogen functional groups attached to an aromatic ring is 1. The summed E-state index contributed by atoms with van der Waals surface area (Å²) in [5.41, 5.74) is 7.58. The van der Waals surface area contributed by atoms with Crippen LogP contribution in [0.4, 0.5) is 15.9 Å². The highest BCUT2D eigenvalue weighted by molar-refractivity contribution is 6.07. The summed E-state index contributed by atoms with van der Waals surface area (Å²) in [5.74, 6) is -0.753. The lowest BCUT2D eigenvalue weighted by Gasteiger charge is -2.26. The number of aromatic nitrogens is 4. The molecule has 0 spiro atoms. The van der Waals surface area contributed by atoms with Gasteiger partial charge in [0.05, 0.1) is 5.69 Å². The van der Waals surface area contributed by atoms with E-state index in [4.69, 9.17) is 5.73 Å². The van der Waals surface area contributed by atoms with Crippen LogP contribution in [0.5, 0.6) is 0 Å². The molecule has 10 heteroatoms. The molecule has 2 heterocycles. The maximum absolute atomic E-state index is 14.0. The molecular formula is C25H31FN6O3. The number of halogens is 1. The monoisotopic (exact) mass is 482 g/mol. The average Bonchev–Trinajstić information content (AvgIpc) is 3.39. The number of carbonyl (C=O) groups is 1. The van der Waals surface area contributed by atoms with Crippen molar-refractivity contribution in [2.24, 2.45) is 11.8 Å². The molecule has 0 bridgehead atoms. The molecule has 0 atom stereocenters. The van der Waals surface area contributed by atoms with E-state index in [2.05, 4.69) is 10.1 Å². The third kappa shape index (κ3) is 4.65. The number of fused-ring (bicyclic) bond motifs is 1. The Hall–Kier alpha value is -3.69. The van der Waals surface area contributed by atoms with Crippen LogP contribution in [0, 0.1) is 17.7 Å². The van der Waals surface area contributed by atoms with E-state index in [1.54, 1.807) is 16.8 Å². The van der Waals surface area contributed by atoms with Crippen LogP contribution in [0.3, 0.4) is 0 Å². The minimum Gasteiger partial charge on any atom is -0.383 e. The number of amides is 1. The van der Waals surface area contributed by atoms with E-state index >= 15 is 0 Å². The van der Waals surface area contributed by atoms with Gasteiger partial charge < -0.3 is 5.73 Å². The summed E-state index contributed by atoms with van der Waals surface area (Å²) in [6.45, 7) is 8.22. The van der Waals surface area contributed by atoms with Crippen molar-refractivity contribution in [2.75, 3.05) is 17.2 Å². The quantitative estimate of drug-likeness (QED) is 0.537. The highest BCUT2D eigenvalue weighted by Gasteiger charge is 2.33. The van der Waals surface area contributed by atoms with Crippen molar-refractivity contribution in [2.45, 2.75) is 53.5 Å². The van der Waals surface area contributed by atoms with Crippen molar-refractivity contribution >= 4 is 17.4 Å². The van der Waals surface area contributed by atoms with Crippen molar-refractivity contribution < 1.29 is 9.18 Å². The predicted molar refractivity (Wildman–Crippen MR) is 133 cm³/mol. The van der Waals surface area contributed by atoms with Gasteiger partial charge in [-0.25, -0.2) is 13.9 Å². The zero-order valence-electron chi connectivity index (χ0n) is 20.5. The highest BCUT2D eigenvalue weighted by Crippen LogP contribution is 2.30. The summed E-state index contributed by atoms with van der Waals surface area (Å²) < 4.78 is 16.5. The Labute approximate surface area is 202 Å². The maximum Gasteiger partial charge on any atom is 0.330 e. The second-order valence-electron chi connectivity index (χ2n) is 9.82. The smallest absolute Gasteiger partial charge is 0.330 e. The molecule has 0 fully saturated rings. The number of nitrogens with two attached hydrogens (primary N) is 1. The fraction of sp³-hybridized carbons (Fsp3) is 0.440. The molecule has 1 amide bonds. The van der Waals surface area contributed by atoms with Crippen molar-refractivity contribution in [1.82, 2.24) is 19.3 Å². The normalized spacial score (nSPS) is 13.0. The van der Waals surface area contributed by atoms with Gasteiger partial charge in [-0.15, -0.1) is 0 Å². The minimum absolute atomic E-state index is 0.00968. The molecule has 4 rings (SSSR count). The number of hydrogen-bond donors (Lipinski definition) is 2. The Morgan fingerprint density at radius 3 is 2.46 bits per heavy atom. The number of anilines is 2. The SMILES string of the molecule is CC(C)CN(C(=O)c1nn(-c2ccc(F)cc2)c2c1CCC2)c1c(N)n(CC(C)C)c(=O)[nH]c1=O. The molecule has 9 nitrogen and oxygen atoms in total. The highest BCUT2D eigenvalue weighted by atomic mass is 19.1. The summed E-state index contributed by atoms with van der Waals surface area (Å²) in [7, 11) is 0. The Kier molecular flexibility index (Phi) is 6.64. The zero-order valence-corrected chi connectivity index (χ0v) is 20.5. The van der Waals surface area contributed by atoms with E-state index in [0.29, 0.717) is 18.7 Å². The van der Waals surface area contributed by atoms with E-state index in [1.807, 2.05) is 27.7 Å². The van der Waals surface area contributed by atoms with Crippen LogP contribution < -0.4 is 21.9 Å². The first kappa shape index (κ1) is 24.4. The number of carbonyl (C=O) groups excluding carboxylic acids is 1. The average molecular weight is 483 g/mol. The van der Waals surface area contributed by atoms with Gasteiger partial charge in [-0.1, -0.05) is 27.7 Å². The van der Waals surface area contributed by atoms with Crippen LogP contribution >= 0.6 is 0 Å². The standard InChI is InChI=1S/C25H31FN6O3/c1-14(2)12-30(21-22(27)31(13-15(3)4)25(35)28-23(21)33)24(34)20-18-6-5-7-19(18)32(29-20)17-10-8-16(26)9-11-17/h8-11,14-15H,5-7,12-13,27H2,1-4H3,(H,28,33,35). The number of H-pyrrole nitrogens is 1. The Morgan fingerprint density at radius 2 is 1.83 bits per heavy atom. The van der Waals surface area contributed by atoms with E-state index in [-0.39, 0.29) is 41.4 Å². The zero-order chi connectivity index (χ0) is 25.4. The van der Waals surface area contributed by atoms with Gasteiger partial charge in [-0.05, 0) is 55.4 Å². The molecule has 186 valence electrons. The van der Waals surface area contributed by atoms with Gasteiger partial charge in [0.2, 0.25) is 0 Å². The van der Waals surface area contributed by atoms with Crippen molar-refractivity contribution in [1.29, 1.82) is 0 Å². The second kappa shape index (κ2) is 9.52. The first-order chi connectivity index (χ1) is 16.6.